The number of benzene rings is 2. The molecule has 1 aliphatic rings. The number of amides is 1. The monoisotopic (exact) mass is 528 g/mol. The summed E-state index contributed by atoms with van der Waals surface area (Å²) < 4.78 is 12.2. The maximum atomic E-state index is 12.4. The van der Waals surface area contributed by atoms with Crippen LogP contribution in [-0.2, 0) is 4.79 Å². The van der Waals surface area contributed by atoms with Gasteiger partial charge in [0, 0.05) is 0 Å². The predicted octanol–water partition coefficient (Wildman–Crippen LogP) is 6.83. The van der Waals surface area contributed by atoms with E-state index in [2.05, 4.69) is 33.2 Å². The van der Waals surface area contributed by atoms with Gasteiger partial charge >= 0.3 is 0 Å². The van der Waals surface area contributed by atoms with E-state index in [9.17, 15) is 4.79 Å². The summed E-state index contributed by atoms with van der Waals surface area (Å²) in [6.07, 6.45) is 2.69. The van der Waals surface area contributed by atoms with Crippen LogP contribution in [0.5, 0.6) is 11.5 Å². The van der Waals surface area contributed by atoms with Gasteiger partial charge in [-0.25, -0.2) is 4.99 Å². The zero-order chi connectivity index (χ0) is 21.8. The Morgan fingerprint density at radius 2 is 2.10 bits per heavy atom. The normalized spacial score (nSPS) is 17.3. The number of rotatable bonds is 6. The number of nitrogens with zero attached hydrogens (tertiary/aromatic N) is 1. The van der Waals surface area contributed by atoms with Gasteiger partial charge in [-0.1, -0.05) is 36.2 Å². The maximum absolute atomic E-state index is 12.4. The molecule has 1 heterocycles. The summed E-state index contributed by atoms with van der Waals surface area (Å²) in [7, 11) is 1.58. The summed E-state index contributed by atoms with van der Waals surface area (Å²) in [5.41, 5.74) is 1.28. The Kier molecular flexibility index (Phi) is 7.74. The van der Waals surface area contributed by atoms with Crippen molar-refractivity contribution < 1.29 is 14.3 Å². The van der Waals surface area contributed by atoms with Crippen molar-refractivity contribution in [2.75, 3.05) is 7.11 Å². The van der Waals surface area contributed by atoms with E-state index in [1.165, 1.54) is 11.8 Å². The van der Waals surface area contributed by atoms with Gasteiger partial charge in [0.15, 0.2) is 16.7 Å². The molecule has 30 heavy (non-hydrogen) atoms. The molecule has 0 saturated carbocycles. The third kappa shape index (κ3) is 5.32. The average Bonchev–Trinajstić information content (AvgIpc) is 3.05. The van der Waals surface area contributed by atoms with E-state index in [-0.39, 0.29) is 12.0 Å². The van der Waals surface area contributed by atoms with Crippen molar-refractivity contribution in [3.05, 3.63) is 55.3 Å². The number of amidine groups is 1. The Morgan fingerprint density at radius 3 is 2.80 bits per heavy atom. The molecule has 1 saturated heterocycles. The lowest BCUT2D eigenvalue weighted by molar-refractivity contribution is -0.115. The van der Waals surface area contributed by atoms with E-state index in [4.69, 9.17) is 32.7 Å². The zero-order valence-corrected chi connectivity index (χ0v) is 20.4. The number of thioether (sulfide) groups is 1. The molecule has 1 N–H and O–H groups in total. The van der Waals surface area contributed by atoms with Gasteiger partial charge in [0.2, 0.25) is 0 Å². The van der Waals surface area contributed by atoms with Crippen LogP contribution in [0.15, 0.2) is 44.7 Å². The van der Waals surface area contributed by atoms with Gasteiger partial charge in [0.05, 0.1) is 38.3 Å². The highest BCUT2D eigenvalue weighted by molar-refractivity contribution is 9.10. The molecule has 2 aromatic carbocycles. The van der Waals surface area contributed by atoms with Crippen molar-refractivity contribution in [1.82, 2.24) is 5.32 Å². The number of hydrogen-bond acceptors (Lipinski definition) is 5. The highest BCUT2D eigenvalue weighted by Crippen LogP contribution is 2.39. The van der Waals surface area contributed by atoms with Crippen LogP contribution in [-0.4, -0.2) is 24.3 Å². The Hall–Kier alpha value is -1.67. The van der Waals surface area contributed by atoms with Gasteiger partial charge in [-0.2, -0.15) is 0 Å². The molecular weight excluding hydrogens is 511 g/mol. The molecule has 0 spiro atoms. The highest BCUT2D eigenvalue weighted by Gasteiger charge is 2.25. The van der Waals surface area contributed by atoms with Crippen LogP contribution >= 0.6 is 50.9 Å². The molecule has 0 radical (unpaired) electrons. The summed E-state index contributed by atoms with van der Waals surface area (Å²) >= 11 is 17.0. The van der Waals surface area contributed by atoms with E-state index in [1.807, 2.05) is 19.1 Å². The van der Waals surface area contributed by atoms with Crippen LogP contribution in [0, 0.1) is 0 Å². The first-order valence-corrected chi connectivity index (χ1v) is 11.5. The van der Waals surface area contributed by atoms with Gasteiger partial charge in [0.25, 0.3) is 5.91 Å². The molecule has 1 aliphatic heterocycles. The summed E-state index contributed by atoms with van der Waals surface area (Å²) in [6, 6.07) is 8.86. The molecule has 5 nitrogen and oxygen atoms in total. The van der Waals surface area contributed by atoms with Crippen LogP contribution in [0.1, 0.15) is 25.8 Å². The summed E-state index contributed by atoms with van der Waals surface area (Å²) in [6.45, 7) is 4.05. The standard InChI is InChI=1S/C21H19BrCl2N2O3S/c1-4-11(2)29-19-13(22)8-12(9-16(19)28-3)10-17-20(27)26-21(30-17)25-15-7-5-6-14(23)18(15)24/h5-11H,4H2,1-3H3,(H,25,26,27)/b17-10+/t11-/m1/s1. The van der Waals surface area contributed by atoms with Gasteiger partial charge < -0.3 is 14.8 Å². The second-order valence-electron chi connectivity index (χ2n) is 6.43. The van der Waals surface area contributed by atoms with E-state index < -0.39 is 0 Å². The Bertz CT molecular complexity index is 1040. The van der Waals surface area contributed by atoms with Crippen LogP contribution in [0.4, 0.5) is 5.69 Å². The molecule has 9 heteroatoms. The number of methoxy groups -OCH3 is 1. The largest absolute Gasteiger partial charge is 0.493 e. The minimum atomic E-state index is -0.244. The van der Waals surface area contributed by atoms with Gasteiger partial charge in [-0.3, -0.25) is 4.79 Å². The molecule has 1 atom stereocenters. The van der Waals surface area contributed by atoms with Gasteiger partial charge in [-0.15, -0.1) is 0 Å². The average molecular weight is 530 g/mol. The molecule has 0 unspecified atom stereocenters. The molecule has 2 aromatic rings. The molecule has 0 aromatic heterocycles. The number of carbonyl (C=O) groups is 1. The zero-order valence-electron chi connectivity index (χ0n) is 16.5. The summed E-state index contributed by atoms with van der Waals surface area (Å²) in [5.74, 6) is 0.974. The quantitative estimate of drug-likeness (QED) is 0.416. The number of nitrogens with one attached hydrogen (secondary N) is 1. The van der Waals surface area contributed by atoms with Crippen LogP contribution in [0.3, 0.4) is 0 Å². The van der Waals surface area contributed by atoms with Crippen molar-refractivity contribution in [2.45, 2.75) is 26.4 Å². The molecule has 3 rings (SSSR count). The number of hydrogen-bond donors (Lipinski definition) is 1. The molecule has 1 fully saturated rings. The van der Waals surface area contributed by atoms with Crippen molar-refractivity contribution in [3.8, 4) is 11.5 Å². The third-order valence-corrected chi connectivity index (χ3v) is 6.56. The van der Waals surface area contributed by atoms with E-state index in [0.717, 1.165) is 16.5 Å². The fourth-order valence-electron chi connectivity index (χ4n) is 2.54. The van der Waals surface area contributed by atoms with Crippen molar-refractivity contribution >= 4 is 73.7 Å². The van der Waals surface area contributed by atoms with E-state index in [0.29, 0.717) is 37.3 Å². The van der Waals surface area contributed by atoms with E-state index in [1.54, 1.807) is 31.4 Å². The Morgan fingerprint density at radius 1 is 1.33 bits per heavy atom. The number of ether oxygens (including phenoxy) is 2. The second-order valence-corrected chi connectivity index (χ2v) is 9.10. The Labute approximate surface area is 198 Å². The minimum absolute atomic E-state index is 0.0488. The van der Waals surface area contributed by atoms with Crippen molar-refractivity contribution in [3.63, 3.8) is 0 Å². The summed E-state index contributed by atoms with van der Waals surface area (Å²) in [4.78, 5) is 17.3. The highest BCUT2D eigenvalue weighted by atomic mass is 79.9. The van der Waals surface area contributed by atoms with Gasteiger partial charge in [0.1, 0.15) is 0 Å². The van der Waals surface area contributed by atoms with Crippen molar-refractivity contribution in [2.24, 2.45) is 4.99 Å². The smallest absolute Gasteiger partial charge is 0.264 e. The van der Waals surface area contributed by atoms with Gasteiger partial charge in [-0.05, 0) is 76.9 Å². The van der Waals surface area contributed by atoms with E-state index >= 15 is 0 Å². The SMILES string of the molecule is CC[C@@H](C)Oc1c(Br)cc(/C=C2/SC(=Nc3cccc(Cl)c3Cl)NC2=O)cc1OC. The first-order valence-electron chi connectivity index (χ1n) is 9.10. The third-order valence-electron chi connectivity index (χ3n) is 4.25. The molecule has 0 aliphatic carbocycles. The number of carbonyl (C=O) groups excluding carboxylic acids is 1. The van der Waals surface area contributed by atoms with Crippen LogP contribution < -0.4 is 14.8 Å². The first-order chi connectivity index (χ1) is 14.3. The predicted molar refractivity (Wildman–Crippen MR) is 128 cm³/mol. The second kappa shape index (κ2) is 10.1. The lowest BCUT2D eigenvalue weighted by Gasteiger charge is -2.17. The topological polar surface area (TPSA) is 59.9 Å². The van der Waals surface area contributed by atoms with Crippen molar-refractivity contribution in [1.29, 1.82) is 0 Å². The maximum Gasteiger partial charge on any atom is 0.264 e. The Balaban J connectivity index is 1.88. The molecule has 158 valence electrons. The lowest BCUT2D eigenvalue weighted by Crippen LogP contribution is -2.19. The minimum Gasteiger partial charge on any atom is -0.493 e. The fourth-order valence-corrected chi connectivity index (χ4v) is 4.27. The molecular formula is C21H19BrCl2N2O3S. The number of aliphatic imine (C=N–C) groups is 1. The van der Waals surface area contributed by atoms with Crippen LogP contribution in [0.2, 0.25) is 10.0 Å². The van der Waals surface area contributed by atoms with Crippen LogP contribution in [0.25, 0.3) is 6.08 Å². The first kappa shape index (κ1) is 23.0. The summed E-state index contributed by atoms with van der Waals surface area (Å²) in [5, 5.41) is 3.91. The molecule has 0 bridgehead atoms. The fraction of sp³-hybridized carbons (Fsp3) is 0.238. The lowest BCUT2D eigenvalue weighted by atomic mass is 10.1. The number of halogens is 3. The molecule has 1 amide bonds.